The molecule has 6 atom stereocenters. The quantitative estimate of drug-likeness (QED) is 0.552. The molecule has 0 aromatic heterocycles. The summed E-state index contributed by atoms with van der Waals surface area (Å²) < 4.78 is 12.1. The van der Waals surface area contributed by atoms with Gasteiger partial charge in [-0.15, -0.1) is 0 Å². The SMILES string of the molecule is CC12C(C)([C@@]3(C)O[C@@]13C)[C@@]1(C)O[C@]21C. The van der Waals surface area contributed by atoms with Gasteiger partial charge in [-0.1, -0.05) is 13.8 Å². The molecule has 2 nitrogen and oxygen atoms in total. The van der Waals surface area contributed by atoms with Gasteiger partial charge in [0.2, 0.25) is 0 Å². The monoisotopic (exact) mass is 194 g/mol. The van der Waals surface area contributed by atoms with Crippen LogP contribution >= 0.6 is 0 Å². The Labute approximate surface area is 85.0 Å². The predicted octanol–water partition coefficient (Wildman–Crippen LogP) is 2.12. The highest BCUT2D eigenvalue weighted by molar-refractivity contribution is 5.60. The fourth-order valence-electron chi connectivity index (χ4n) is 5.78. The summed E-state index contributed by atoms with van der Waals surface area (Å²) in [5.74, 6) is 0. The summed E-state index contributed by atoms with van der Waals surface area (Å²) in [6, 6.07) is 0. The summed E-state index contributed by atoms with van der Waals surface area (Å²) in [5.41, 5.74) is 0.713. The molecule has 4 rings (SSSR count). The zero-order chi connectivity index (χ0) is 10.4. The van der Waals surface area contributed by atoms with Crippen LogP contribution in [0.2, 0.25) is 0 Å². The van der Waals surface area contributed by atoms with Crippen LogP contribution in [0.15, 0.2) is 0 Å². The topological polar surface area (TPSA) is 25.1 Å². The van der Waals surface area contributed by atoms with Crippen LogP contribution in [0, 0.1) is 10.8 Å². The van der Waals surface area contributed by atoms with Gasteiger partial charge in [0.1, 0.15) is 22.4 Å². The highest BCUT2D eigenvalue weighted by Crippen LogP contribution is 3.01. The van der Waals surface area contributed by atoms with Crippen molar-refractivity contribution >= 4 is 0 Å². The highest BCUT2D eigenvalue weighted by atomic mass is 16.7. The van der Waals surface area contributed by atoms with Gasteiger partial charge in [-0.3, -0.25) is 0 Å². The molecule has 2 heteroatoms. The number of ether oxygens (including phenoxy) is 2. The molecule has 4 aliphatic rings. The number of fused-ring (bicyclic) bond motifs is 7. The van der Waals surface area contributed by atoms with Crippen LogP contribution in [-0.4, -0.2) is 22.4 Å². The summed E-state index contributed by atoms with van der Waals surface area (Å²) in [4.78, 5) is 0. The lowest BCUT2D eigenvalue weighted by molar-refractivity contribution is -0.207. The minimum atomic E-state index is 0.0690. The standard InChI is InChI=1S/C12H18O2/c1-7-8(2,11(5)9(7,3)13-11)12(6)10(7,4)14-12/h1-6H3/t7?,8?,9-,10-,11-,12+/m1/s1. The van der Waals surface area contributed by atoms with Gasteiger partial charge in [0, 0.05) is 10.8 Å². The smallest absolute Gasteiger partial charge is 0.105 e. The summed E-state index contributed by atoms with van der Waals surface area (Å²) in [5, 5.41) is 0. The largest absolute Gasteiger partial charge is 0.362 e. The van der Waals surface area contributed by atoms with E-state index in [4.69, 9.17) is 9.47 Å². The van der Waals surface area contributed by atoms with E-state index in [1.54, 1.807) is 0 Å². The van der Waals surface area contributed by atoms with E-state index < -0.39 is 0 Å². The number of hydrogen-bond donors (Lipinski definition) is 0. The Bertz CT molecular complexity index is 337. The first-order chi connectivity index (χ1) is 6.16. The second-order valence-corrected chi connectivity index (χ2v) is 6.59. The zero-order valence-electron chi connectivity index (χ0n) is 9.82. The maximum absolute atomic E-state index is 6.05. The molecule has 2 aliphatic carbocycles. The summed E-state index contributed by atoms with van der Waals surface area (Å²) in [7, 11) is 0. The van der Waals surface area contributed by atoms with Crippen LogP contribution in [0.4, 0.5) is 0 Å². The second-order valence-electron chi connectivity index (χ2n) is 6.59. The Morgan fingerprint density at radius 1 is 0.500 bits per heavy atom. The van der Waals surface area contributed by atoms with E-state index in [9.17, 15) is 0 Å². The molecular formula is C12H18O2. The molecule has 2 saturated heterocycles. The van der Waals surface area contributed by atoms with Gasteiger partial charge in [0.25, 0.3) is 0 Å². The van der Waals surface area contributed by atoms with Crippen LogP contribution in [-0.2, 0) is 9.47 Å². The summed E-state index contributed by atoms with van der Waals surface area (Å²) in [6.07, 6.45) is 0. The lowest BCUT2D eigenvalue weighted by Gasteiger charge is -2.71. The van der Waals surface area contributed by atoms with Gasteiger partial charge >= 0.3 is 0 Å². The van der Waals surface area contributed by atoms with E-state index in [0.717, 1.165) is 0 Å². The first kappa shape index (κ1) is 8.12. The van der Waals surface area contributed by atoms with Crippen LogP contribution in [0.1, 0.15) is 41.5 Å². The van der Waals surface area contributed by atoms with Crippen molar-refractivity contribution in [2.75, 3.05) is 0 Å². The minimum absolute atomic E-state index is 0.0690. The lowest BCUT2D eigenvalue weighted by atomic mass is 9.24. The first-order valence-corrected chi connectivity index (χ1v) is 5.57. The van der Waals surface area contributed by atoms with E-state index in [0.29, 0.717) is 0 Å². The Morgan fingerprint density at radius 3 is 0.929 bits per heavy atom. The normalized spacial score (nSPS) is 87.0. The van der Waals surface area contributed by atoms with Crippen molar-refractivity contribution in [3.05, 3.63) is 0 Å². The molecule has 14 heavy (non-hydrogen) atoms. The van der Waals surface area contributed by atoms with Gasteiger partial charge in [-0.05, 0) is 27.7 Å². The Morgan fingerprint density at radius 2 is 0.714 bits per heavy atom. The van der Waals surface area contributed by atoms with Crippen LogP contribution in [0.25, 0.3) is 0 Å². The van der Waals surface area contributed by atoms with E-state index in [-0.39, 0.29) is 33.2 Å². The second kappa shape index (κ2) is 1.28. The lowest BCUT2D eigenvalue weighted by Crippen LogP contribution is -2.85. The average Bonchev–Trinajstić information content (AvgIpc) is 2.84. The Balaban J connectivity index is 1.99. The maximum atomic E-state index is 6.05. The van der Waals surface area contributed by atoms with Crippen molar-refractivity contribution in [3.8, 4) is 0 Å². The molecule has 0 amide bonds. The molecule has 2 unspecified atom stereocenters. The van der Waals surface area contributed by atoms with E-state index in [2.05, 4.69) is 41.5 Å². The van der Waals surface area contributed by atoms with Crippen LogP contribution in [0.5, 0.6) is 0 Å². The molecule has 2 aliphatic heterocycles. The fraction of sp³-hybridized carbons (Fsp3) is 1.00. The van der Waals surface area contributed by atoms with Crippen molar-refractivity contribution in [1.29, 1.82) is 0 Å². The molecule has 78 valence electrons. The third-order valence-corrected chi connectivity index (χ3v) is 7.37. The Hall–Kier alpha value is -0.0800. The van der Waals surface area contributed by atoms with Gasteiger partial charge in [-0.2, -0.15) is 0 Å². The van der Waals surface area contributed by atoms with E-state index >= 15 is 0 Å². The first-order valence-electron chi connectivity index (χ1n) is 5.57. The molecule has 0 N–H and O–H groups in total. The van der Waals surface area contributed by atoms with Crippen LogP contribution in [0.3, 0.4) is 0 Å². The molecule has 0 spiro atoms. The third kappa shape index (κ3) is 0.283. The highest BCUT2D eigenvalue weighted by Gasteiger charge is 3.13. The van der Waals surface area contributed by atoms with Gasteiger partial charge in [-0.25, -0.2) is 0 Å². The molecule has 0 aromatic carbocycles. The molecule has 2 saturated carbocycles. The maximum Gasteiger partial charge on any atom is 0.105 e. The third-order valence-electron chi connectivity index (χ3n) is 7.37. The number of hydrogen-bond acceptors (Lipinski definition) is 2. The summed E-state index contributed by atoms with van der Waals surface area (Å²) in [6.45, 7) is 13.7. The Kier molecular flexibility index (Phi) is 0.740. The fourth-order valence-corrected chi connectivity index (χ4v) is 5.78. The molecule has 0 aromatic rings. The van der Waals surface area contributed by atoms with Crippen LogP contribution < -0.4 is 0 Å². The predicted molar refractivity (Wildman–Crippen MR) is 52.0 cm³/mol. The van der Waals surface area contributed by atoms with Crippen molar-refractivity contribution < 1.29 is 9.47 Å². The molecular weight excluding hydrogens is 176 g/mol. The molecule has 0 bridgehead atoms. The van der Waals surface area contributed by atoms with Gasteiger partial charge in [0.05, 0.1) is 0 Å². The van der Waals surface area contributed by atoms with Crippen molar-refractivity contribution in [2.45, 2.75) is 63.9 Å². The van der Waals surface area contributed by atoms with Crippen molar-refractivity contribution in [2.24, 2.45) is 10.8 Å². The summed E-state index contributed by atoms with van der Waals surface area (Å²) >= 11 is 0. The molecule has 4 fully saturated rings. The van der Waals surface area contributed by atoms with Gasteiger partial charge in [0.15, 0.2) is 0 Å². The van der Waals surface area contributed by atoms with Gasteiger partial charge < -0.3 is 9.47 Å². The minimum Gasteiger partial charge on any atom is -0.362 e. The average molecular weight is 194 g/mol. The van der Waals surface area contributed by atoms with E-state index in [1.807, 2.05) is 0 Å². The zero-order valence-corrected chi connectivity index (χ0v) is 9.82. The number of epoxide rings is 2. The molecule has 2 heterocycles. The van der Waals surface area contributed by atoms with Crippen molar-refractivity contribution in [3.63, 3.8) is 0 Å². The molecule has 0 radical (unpaired) electrons. The van der Waals surface area contributed by atoms with Crippen molar-refractivity contribution in [1.82, 2.24) is 0 Å². The number of rotatable bonds is 0. The van der Waals surface area contributed by atoms with E-state index in [1.165, 1.54) is 0 Å².